The van der Waals surface area contributed by atoms with Gasteiger partial charge in [-0.05, 0) is 118 Å². The van der Waals surface area contributed by atoms with Crippen LogP contribution in [0.1, 0.15) is 103 Å². The molecule has 2 aromatic heterocycles. The smallest absolute Gasteiger partial charge is 0.433 e. The normalized spacial score (nSPS) is 21.1. The molecule has 2 aliphatic heterocycles. The predicted molar refractivity (Wildman–Crippen MR) is 228 cm³/mol. The molecule has 8 rings (SSSR count). The molecule has 4 aliphatic rings. The minimum absolute atomic E-state index is 0.0752. The molecular weight excluding hydrogens is 825 g/mol. The summed E-state index contributed by atoms with van der Waals surface area (Å²) in [6.07, 6.45) is 12.4. The van der Waals surface area contributed by atoms with Crippen molar-refractivity contribution in [1.29, 1.82) is 0 Å². The first kappa shape index (κ1) is 43.0. The first-order valence-electron chi connectivity index (χ1n) is 21.2. The molecule has 1 spiro atoms. The zero-order chi connectivity index (χ0) is 43.8. The van der Waals surface area contributed by atoms with Crippen LogP contribution >= 0.6 is 11.6 Å². The van der Waals surface area contributed by atoms with Gasteiger partial charge in [0.15, 0.2) is 0 Å². The van der Waals surface area contributed by atoms with Gasteiger partial charge in [0.2, 0.25) is 5.91 Å². The molecule has 2 saturated carbocycles. The van der Waals surface area contributed by atoms with Crippen LogP contribution in [0.25, 0.3) is 10.9 Å². The van der Waals surface area contributed by atoms with Gasteiger partial charge in [-0.2, -0.15) is 18.3 Å². The average molecular weight is 875 g/mol. The summed E-state index contributed by atoms with van der Waals surface area (Å²) in [6.45, 7) is 1.58. The molecule has 13 nitrogen and oxygen atoms in total. The van der Waals surface area contributed by atoms with E-state index in [1.165, 1.54) is 18.1 Å². The Balaban J connectivity index is 0.800. The maximum Gasteiger partial charge on any atom is 0.433 e. The summed E-state index contributed by atoms with van der Waals surface area (Å²) >= 11 is 6.42. The number of amides is 5. The van der Waals surface area contributed by atoms with Gasteiger partial charge in [-0.25, -0.2) is 9.78 Å². The highest BCUT2D eigenvalue weighted by atomic mass is 35.5. The second-order valence-corrected chi connectivity index (χ2v) is 17.5. The molecule has 0 radical (unpaired) electrons. The van der Waals surface area contributed by atoms with Crippen LogP contribution in [0.2, 0.25) is 5.02 Å². The molecule has 4 heterocycles. The van der Waals surface area contributed by atoms with E-state index in [2.05, 4.69) is 39.8 Å². The quantitative estimate of drug-likeness (QED) is 0.170. The Morgan fingerprint density at radius 3 is 2.42 bits per heavy atom. The first-order chi connectivity index (χ1) is 29.7. The summed E-state index contributed by atoms with van der Waals surface area (Å²) in [4.78, 5) is 59.8. The molecule has 0 unspecified atom stereocenters. The van der Waals surface area contributed by atoms with E-state index >= 15 is 0 Å². The molecular formula is C45H50ClF3N8O5. The number of halogens is 4. The largest absolute Gasteiger partial charge is 0.494 e. The maximum atomic E-state index is 13.6. The number of benzene rings is 2. The zero-order valence-corrected chi connectivity index (χ0v) is 35.5. The molecule has 62 heavy (non-hydrogen) atoms. The minimum atomic E-state index is -4.67. The second-order valence-electron chi connectivity index (χ2n) is 17.1. The Morgan fingerprint density at radius 1 is 0.984 bits per heavy atom. The third-order valence-corrected chi connectivity index (χ3v) is 13.6. The van der Waals surface area contributed by atoms with Crippen LogP contribution in [0.3, 0.4) is 0 Å². The highest BCUT2D eigenvalue weighted by Gasteiger charge is 2.40. The van der Waals surface area contributed by atoms with E-state index in [4.69, 9.17) is 21.4 Å². The van der Waals surface area contributed by atoms with Crippen molar-refractivity contribution >= 4 is 57.6 Å². The molecule has 4 fully saturated rings. The molecule has 0 atom stereocenters. The summed E-state index contributed by atoms with van der Waals surface area (Å²) in [7, 11) is 3.63. The van der Waals surface area contributed by atoms with Crippen molar-refractivity contribution in [2.75, 3.05) is 44.0 Å². The number of ether oxygens (including phenoxy) is 1. The molecule has 2 N–H and O–H groups in total. The van der Waals surface area contributed by atoms with Crippen molar-refractivity contribution in [3.8, 4) is 5.75 Å². The number of methoxy groups -OCH3 is 1. The van der Waals surface area contributed by atoms with Crippen molar-refractivity contribution in [3.05, 3.63) is 89.0 Å². The standard InChI is InChI=1S/C45H50ClF3N8O5/c1-54(31-12-16-44(17-13-31)18-22-55(23-19-44)42(60)29-8-11-33(46)37(25-29)56-21-15-40(58)52-43(56)61)20-14-28-6-9-32(10-7-28)57-27-30-24-36(38(62-2)26-35(30)53-57)51-41(59)34-4-3-5-39(50-34)45(47,48)49/h3-5,8,11,14,20,24-28,31-32H,6-7,9-10,12-13,15-19,21-23H2,1-2H3,(H,51,59)(H,52,58,61)/b20-14+/t28-,32-. The number of pyridine rings is 1. The molecule has 2 aliphatic carbocycles. The van der Waals surface area contributed by atoms with Crippen LogP contribution in [0, 0.1) is 11.3 Å². The minimum Gasteiger partial charge on any atom is -0.494 e. The van der Waals surface area contributed by atoms with Crippen LogP contribution in [0.5, 0.6) is 5.75 Å². The SMILES string of the molecule is COc1cc2nn([C@H]3CC[C@H](/C=C/N(C)C4CCC5(CC4)CCN(C(=O)c4ccc(Cl)c(N6CCC(=O)NC6=O)c4)CC5)CC3)cc2cc1NC(=O)c1cccc(C(F)(F)F)n1. The van der Waals surface area contributed by atoms with Gasteiger partial charge in [-0.1, -0.05) is 23.7 Å². The summed E-state index contributed by atoms with van der Waals surface area (Å²) in [5.74, 6) is -0.390. The molecule has 0 bridgehead atoms. The number of aromatic nitrogens is 3. The summed E-state index contributed by atoms with van der Waals surface area (Å²) in [6, 6.07) is 11.8. The number of anilines is 2. The summed E-state index contributed by atoms with van der Waals surface area (Å²) in [5, 5.41) is 10.9. The highest BCUT2D eigenvalue weighted by Crippen LogP contribution is 2.46. The van der Waals surface area contributed by atoms with Crippen LogP contribution in [0.15, 0.2) is 67.0 Å². The number of fused-ring (bicyclic) bond motifs is 1. The maximum absolute atomic E-state index is 13.6. The number of nitrogens with zero attached hydrogens (tertiary/aromatic N) is 6. The van der Waals surface area contributed by atoms with Crippen LogP contribution in [-0.4, -0.2) is 88.2 Å². The number of likely N-dealkylation sites (tertiary alicyclic amines) is 1. The fraction of sp³-hybridized carbons (Fsp3) is 0.467. The second kappa shape index (κ2) is 17.6. The number of nitrogens with one attached hydrogen (secondary N) is 2. The number of rotatable bonds is 9. The van der Waals surface area contributed by atoms with Crippen LogP contribution < -0.4 is 20.3 Å². The van der Waals surface area contributed by atoms with E-state index in [1.54, 1.807) is 30.3 Å². The van der Waals surface area contributed by atoms with Gasteiger partial charge in [0.05, 0.1) is 35.1 Å². The fourth-order valence-electron chi connectivity index (χ4n) is 9.50. The lowest BCUT2D eigenvalue weighted by Crippen LogP contribution is -2.49. The Morgan fingerprint density at radius 2 is 1.73 bits per heavy atom. The van der Waals surface area contributed by atoms with Gasteiger partial charge in [0.25, 0.3) is 11.8 Å². The van der Waals surface area contributed by atoms with Crippen molar-refractivity contribution in [2.24, 2.45) is 11.3 Å². The number of alkyl halides is 3. The average Bonchev–Trinajstić information content (AvgIpc) is 3.69. The van der Waals surface area contributed by atoms with Crippen LogP contribution in [0.4, 0.5) is 29.3 Å². The Kier molecular flexibility index (Phi) is 12.2. The van der Waals surface area contributed by atoms with Gasteiger partial charge in [-0.15, -0.1) is 0 Å². The van der Waals surface area contributed by atoms with Crippen LogP contribution in [-0.2, 0) is 11.0 Å². The number of piperidine rings is 1. The summed E-state index contributed by atoms with van der Waals surface area (Å²) in [5.41, 5.74) is 0.642. The van der Waals surface area contributed by atoms with Gasteiger partial charge in [0.1, 0.15) is 17.1 Å². The van der Waals surface area contributed by atoms with E-state index < -0.39 is 23.8 Å². The Labute approximate surface area is 362 Å². The molecule has 5 amide bonds. The van der Waals surface area contributed by atoms with E-state index in [1.807, 2.05) is 15.8 Å². The zero-order valence-electron chi connectivity index (χ0n) is 34.7. The van der Waals surface area contributed by atoms with E-state index in [0.717, 1.165) is 81.7 Å². The molecule has 2 aromatic carbocycles. The van der Waals surface area contributed by atoms with Crippen molar-refractivity contribution in [3.63, 3.8) is 0 Å². The highest BCUT2D eigenvalue weighted by molar-refractivity contribution is 6.34. The molecule has 17 heteroatoms. The van der Waals surface area contributed by atoms with Gasteiger partial charge in [-0.3, -0.25) is 29.3 Å². The predicted octanol–water partition coefficient (Wildman–Crippen LogP) is 8.85. The van der Waals surface area contributed by atoms with E-state index in [9.17, 15) is 32.3 Å². The lowest BCUT2D eigenvalue weighted by Gasteiger charge is -2.47. The monoisotopic (exact) mass is 874 g/mol. The number of hydrogen-bond donors (Lipinski definition) is 2. The van der Waals surface area contributed by atoms with E-state index in [0.29, 0.717) is 58.3 Å². The number of urea groups is 1. The Hall–Kier alpha value is -5.64. The molecule has 328 valence electrons. The first-order valence-corrected chi connectivity index (χ1v) is 21.6. The lowest BCUT2D eigenvalue weighted by atomic mass is 9.66. The topological polar surface area (TPSA) is 142 Å². The number of carbonyl (C=O) groups excluding carboxylic acids is 4. The number of imide groups is 1. The third-order valence-electron chi connectivity index (χ3n) is 13.3. The van der Waals surface area contributed by atoms with Crippen molar-refractivity contribution in [1.82, 2.24) is 29.9 Å². The van der Waals surface area contributed by atoms with Gasteiger partial charge < -0.3 is 19.9 Å². The lowest BCUT2D eigenvalue weighted by molar-refractivity contribution is -0.141. The number of hydrogen-bond acceptors (Lipinski definition) is 8. The summed E-state index contributed by atoms with van der Waals surface area (Å²) < 4.78 is 47.0. The molecule has 2 saturated heterocycles. The molecule has 4 aromatic rings. The van der Waals surface area contributed by atoms with Crippen molar-refractivity contribution in [2.45, 2.75) is 88.9 Å². The third kappa shape index (κ3) is 9.25. The number of carbonyl (C=O) groups is 4. The van der Waals surface area contributed by atoms with Gasteiger partial charge >= 0.3 is 12.2 Å². The number of allylic oxidation sites excluding steroid dienone is 1. The van der Waals surface area contributed by atoms with E-state index in [-0.39, 0.29) is 41.9 Å². The van der Waals surface area contributed by atoms with Crippen molar-refractivity contribution < 1.29 is 37.1 Å². The Bertz CT molecular complexity index is 2380. The fourth-order valence-corrected chi connectivity index (χ4v) is 9.72. The van der Waals surface area contributed by atoms with Gasteiger partial charge in [0, 0.05) is 62.4 Å².